The molecule has 0 saturated carbocycles. The summed E-state index contributed by atoms with van der Waals surface area (Å²) < 4.78 is 2.00. The predicted octanol–water partition coefficient (Wildman–Crippen LogP) is 2.40. The maximum Gasteiger partial charge on any atom is 0.144 e. The predicted molar refractivity (Wildman–Crippen MR) is 58.4 cm³/mol. The molecule has 3 nitrogen and oxygen atoms in total. The summed E-state index contributed by atoms with van der Waals surface area (Å²) in [5.74, 6) is 0. The van der Waals surface area contributed by atoms with E-state index in [-0.39, 0.29) is 0 Å². The van der Waals surface area contributed by atoms with Crippen molar-refractivity contribution < 1.29 is 0 Å². The lowest BCUT2D eigenvalue weighted by molar-refractivity contribution is 1.19. The van der Waals surface area contributed by atoms with Crippen molar-refractivity contribution >= 4 is 5.65 Å². The third-order valence-electron chi connectivity index (χ3n) is 2.39. The van der Waals surface area contributed by atoms with Gasteiger partial charge in [-0.3, -0.25) is 4.98 Å². The lowest BCUT2D eigenvalue weighted by Gasteiger charge is -2.02. The fourth-order valence-electron chi connectivity index (χ4n) is 1.70. The molecule has 3 heteroatoms. The second kappa shape index (κ2) is 3.20. The topological polar surface area (TPSA) is 30.2 Å². The van der Waals surface area contributed by atoms with E-state index in [1.54, 1.807) is 12.4 Å². The van der Waals surface area contributed by atoms with Crippen molar-refractivity contribution in [2.24, 2.45) is 0 Å². The zero-order valence-electron chi connectivity index (χ0n) is 8.04. The second-order valence-electron chi connectivity index (χ2n) is 3.32. The number of pyridine rings is 2. The molecule has 72 valence electrons. The van der Waals surface area contributed by atoms with Gasteiger partial charge in [0.25, 0.3) is 0 Å². The van der Waals surface area contributed by atoms with Crippen LogP contribution in [0.1, 0.15) is 0 Å². The molecule has 0 amide bonds. The standard InChI is InChI=1S/C12H9N3/c1-3-10(9-13-5-1)11-4-2-7-15-8-6-14-12(11)15/h1-9H. The summed E-state index contributed by atoms with van der Waals surface area (Å²) in [7, 11) is 0. The Labute approximate surface area is 87.0 Å². The van der Waals surface area contributed by atoms with Crippen molar-refractivity contribution in [3.8, 4) is 11.1 Å². The highest BCUT2D eigenvalue weighted by Gasteiger charge is 2.03. The van der Waals surface area contributed by atoms with Crippen LogP contribution in [0.15, 0.2) is 55.2 Å². The van der Waals surface area contributed by atoms with E-state index in [1.807, 2.05) is 41.2 Å². The Kier molecular flexibility index (Phi) is 1.75. The van der Waals surface area contributed by atoms with Crippen LogP contribution in [0, 0.1) is 0 Å². The van der Waals surface area contributed by atoms with Crippen LogP contribution in [-0.2, 0) is 0 Å². The number of fused-ring (bicyclic) bond motifs is 1. The summed E-state index contributed by atoms with van der Waals surface area (Å²) in [5.41, 5.74) is 3.16. The van der Waals surface area contributed by atoms with E-state index in [1.165, 1.54) is 0 Å². The molecule has 0 bridgehead atoms. The fraction of sp³-hybridized carbons (Fsp3) is 0. The van der Waals surface area contributed by atoms with Crippen LogP contribution in [0.25, 0.3) is 16.8 Å². The number of rotatable bonds is 1. The Balaban J connectivity index is 2.31. The molecular formula is C12H9N3. The van der Waals surface area contributed by atoms with Crippen LogP contribution in [0.3, 0.4) is 0 Å². The highest BCUT2D eigenvalue weighted by atomic mass is 15.0. The monoisotopic (exact) mass is 195 g/mol. The average Bonchev–Trinajstić information content (AvgIpc) is 2.78. The van der Waals surface area contributed by atoms with Gasteiger partial charge >= 0.3 is 0 Å². The van der Waals surface area contributed by atoms with E-state index in [9.17, 15) is 0 Å². The molecule has 0 aliphatic carbocycles. The van der Waals surface area contributed by atoms with E-state index in [2.05, 4.69) is 16.0 Å². The Morgan fingerprint density at radius 2 is 2.00 bits per heavy atom. The highest BCUT2D eigenvalue weighted by Crippen LogP contribution is 2.21. The van der Waals surface area contributed by atoms with Gasteiger partial charge in [0.15, 0.2) is 0 Å². The van der Waals surface area contributed by atoms with Crippen molar-refractivity contribution in [1.29, 1.82) is 0 Å². The molecule has 0 atom stereocenters. The molecule has 3 heterocycles. The molecule has 0 N–H and O–H groups in total. The summed E-state index contributed by atoms with van der Waals surface area (Å²) in [6.07, 6.45) is 9.35. The van der Waals surface area contributed by atoms with E-state index in [0.717, 1.165) is 16.8 Å². The number of hydrogen-bond acceptors (Lipinski definition) is 2. The summed E-state index contributed by atoms with van der Waals surface area (Å²) in [6.45, 7) is 0. The molecule has 0 fully saturated rings. The van der Waals surface area contributed by atoms with Crippen molar-refractivity contribution in [2.75, 3.05) is 0 Å². The molecule has 15 heavy (non-hydrogen) atoms. The number of hydrogen-bond donors (Lipinski definition) is 0. The van der Waals surface area contributed by atoms with Crippen LogP contribution in [0.2, 0.25) is 0 Å². The molecule has 0 aliphatic heterocycles. The SMILES string of the molecule is c1cncc(-c2cccn3ccnc23)c1. The summed E-state index contributed by atoms with van der Waals surface area (Å²) >= 11 is 0. The van der Waals surface area contributed by atoms with Crippen LogP contribution >= 0.6 is 0 Å². The van der Waals surface area contributed by atoms with Gasteiger partial charge in [0.05, 0.1) is 0 Å². The molecule has 0 spiro atoms. The Hall–Kier alpha value is -2.16. The Bertz CT molecular complexity index is 584. The highest BCUT2D eigenvalue weighted by molar-refractivity contribution is 5.76. The first-order valence-electron chi connectivity index (χ1n) is 4.77. The van der Waals surface area contributed by atoms with Crippen molar-refractivity contribution in [3.63, 3.8) is 0 Å². The fourth-order valence-corrected chi connectivity index (χ4v) is 1.70. The largest absolute Gasteiger partial charge is 0.307 e. The van der Waals surface area contributed by atoms with Crippen LogP contribution in [-0.4, -0.2) is 14.4 Å². The van der Waals surface area contributed by atoms with Crippen molar-refractivity contribution in [3.05, 3.63) is 55.2 Å². The van der Waals surface area contributed by atoms with Gasteiger partial charge in [0, 0.05) is 42.1 Å². The van der Waals surface area contributed by atoms with Gasteiger partial charge < -0.3 is 4.40 Å². The number of nitrogens with zero attached hydrogens (tertiary/aromatic N) is 3. The lowest BCUT2D eigenvalue weighted by Crippen LogP contribution is -1.87. The molecule has 0 unspecified atom stereocenters. The zero-order valence-corrected chi connectivity index (χ0v) is 8.04. The van der Waals surface area contributed by atoms with Crippen molar-refractivity contribution in [2.45, 2.75) is 0 Å². The molecule has 3 aromatic rings. The average molecular weight is 195 g/mol. The minimum atomic E-state index is 0.963. The van der Waals surface area contributed by atoms with E-state index < -0.39 is 0 Å². The quantitative estimate of drug-likeness (QED) is 0.596. The van der Waals surface area contributed by atoms with E-state index in [0.29, 0.717) is 0 Å². The first kappa shape index (κ1) is 8.17. The molecule has 0 radical (unpaired) electrons. The van der Waals surface area contributed by atoms with Gasteiger partial charge in [-0.05, 0) is 18.2 Å². The summed E-state index contributed by atoms with van der Waals surface area (Å²) in [6, 6.07) is 8.04. The zero-order chi connectivity index (χ0) is 10.1. The normalized spacial score (nSPS) is 10.7. The maximum atomic E-state index is 4.33. The van der Waals surface area contributed by atoms with Gasteiger partial charge in [-0.15, -0.1) is 0 Å². The van der Waals surface area contributed by atoms with Gasteiger partial charge in [0.2, 0.25) is 0 Å². The molecule has 3 aromatic heterocycles. The maximum absolute atomic E-state index is 4.33. The van der Waals surface area contributed by atoms with E-state index >= 15 is 0 Å². The Morgan fingerprint density at radius 3 is 2.87 bits per heavy atom. The molecular weight excluding hydrogens is 186 g/mol. The Morgan fingerprint density at radius 1 is 1.00 bits per heavy atom. The van der Waals surface area contributed by atoms with Crippen LogP contribution < -0.4 is 0 Å². The third-order valence-corrected chi connectivity index (χ3v) is 2.39. The lowest BCUT2D eigenvalue weighted by atomic mass is 10.1. The first-order valence-corrected chi connectivity index (χ1v) is 4.77. The molecule has 0 aliphatic rings. The van der Waals surface area contributed by atoms with E-state index in [4.69, 9.17) is 0 Å². The van der Waals surface area contributed by atoms with Gasteiger partial charge in [0.1, 0.15) is 5.65 Å². The van der Waals surface area contributed by atoms with Gasteiger partial charge in [-0.2, -0.15) is 0 Å². The van der Waals surface area contributed by atoms with Gasteiger partial charge in [-0.25, -0.2) is 4.98 Å². The molecule has 0 aromatic carbocycles. The number of aromatic nitrogens is 3. The molecule has 0 saturated heterocycles. The molecule has 3 rings (SSSR count). The van der Waals surface area contributed by atoms with Crippen molar-refractivity contribution in [1.82, 2.24) is 14.4 Å². The summed E-state index contributed by atoms with van der Waals surface area (Å²) in [4.78, 5) is 8.45. The minimum Gasteiger partial charge on any atom is -0.307 e. The second-order valence-corrected chi connectivity index (χ2v) is 3.32. The van der Waals surface area contributed by atoms with Gasteiger partial charge in [-0.1, -0.05) is 6.07 Å². The third kappa shape index (κ3) is 1.29. The summed E-state index contributed by atoms with van der Waals surface area (Å²) in [5, 5.41) is 0. The smallest absolute Gasteiger partial charge is 0.144 e. The van der Waals surface area contributed by atoms with Crippen LogP contribution in [0.4, 0.5) is 0 Å². The minimum absolute atomic E-state index is 0.963. The first-order chi connectivity index (χ1) is 7.45. The van der Waals surface area contributed by atoms with Crippen LogP contribution in [0.5, 0.6) is 0 Å². The number of imidazole rings is 1.